The number of carbonyl (C=O) groups excluding carboxylic acids is 1. The molecule has 0 unspecified atom stereocenters. The number of benzene rings is 4. The van der Waals surface area contributed by atoms with Crippen molar-refractivity contribution in [2.75, 3.05) is 6.61 Å². The van der Waals surface area contributed by atoms with Gasteiger partial charge in [-0.15, -0.1) is 0 Å². The van der Waals surface area contributed by atoms with Crippen LogP contribution in [0.5, 0.6) is 0 Å². The van der Waals surface area contributed by atoms with Gasteiger partial charge in [0.15, 0.2) is 0 Å². The Balaban J connectivity index is 1.39. The maximum absolute atomic E-state index is 14.7. The van der Waals surface area contributed by atoms with Crippen LogP contribution in [0.15, 0.2) is 97.1 Å². The van der Waals surface area contributed by atoms with Crippen molar-refractivity contribution in [1.29, 1.82) is 0 Å². The zero-order valence-electron chi connectivity index (χ0n) is 19.2. The van der Waals surface area contributed by atoms with Crippen LogP contribution in [0.25, 0.3) is 22.3 Å². The molecule has 172 valence electrons. The molecule has 0 aliphatic heterocycles. The van der Waals surface area contributed by atoms with Crippen LogP contribution in [-0.2, 0) is 9.53 Å². The van der Waals surface area contributed by atoms with Crippen molar-refractivity contribution in [3.63, 3.8) is 0 Å². The molecular weight excluding hydrogens is 430 g/mol. The van der Waals surface area contributed by atoms with Crippen LogP contribution < -0.4 is 0 Å². The van der Waals surface area contributed by atoms with Crippen LogP contribution in [0.2, 0.25) is 0 Å². The van der Waals surface area contributed by atoms with E-state index in [4.69, 9.17) is 4.74 Å². The lowest BCUT2D eigenvalue weighted by atomic mass is 9.96. The van der Waals surface area contributed by atoms with E-state index in [-0.39, 0.29) is 24.2 Å². The number of ether oxygens (including phenoxy) is 1. The largest absolute Gasteiger partial charge is 0.465 e. The van der Waals surface area contributed by atoms with Crippen LogP contribution in [-0.4, -0.2) is 12.6 Å². The van der Waals surface area contributed by atoms with Gasteiger partial charge in [0.1, 0.15) is 11.6 Å². The third kappa shape index (κ3) is 5.23. The first-order chi connectivity index (χ1) is 16.4. The molecule has 2 atom stereocenters. The van der Waals surface area contributed by atoms with Gasteiger partial charge in [0.2, 0.25) is 0 Å². The molecule has 0 aliphatic rings. The van der Waals surface area contributed by atoms with Crippen molar-refractivity contribution >= 4 is 5.97 Å². The molecule has 0 bridgehead atoms. The molecule has 4 heteroatoms. The highest BCUT2D eigenvalue weighted by Crippen LogP contribution is 2.28. The van der Waals surface area contributed by atoms with Crippen molar-refractivity contribution in [1.82, 2.24) is 0 Å². The molecular formula is C30H26F2O2. The summed E-state index contributed by atoms with van der Waals surface area (Å²) in [7, 11) is 0. The quantitative estimate of drug-likeness (QED) is 0.266. The van der Waals surface area contributed by atoms with Crippen molar-refractivity contribution < 1.29 is 18.3 Å². The van der Waals surface area contributed by atoms with E-state index >= 15 is 0 Å². The Morgan fingerprint density at radius 2 is 1.18 bits per heavy atom. The highest BCUT2D eigenvalue weighted by Gasteiger charge is 2.20. The van der Waals surface area contributed by atoms with E-state index in [0.29, 0.717) is 16.7 Å². The summed E-state index contributed by atoms with van der Waals surface area (Å²) >= 11 is 0. The van der Waals surface area contributed by atoms with Gasteiger partial charge in [0.05, 0.1) is 12.5 Å². The van der Waals surface area contributed by atoms with Crippen LogP contribution in [0.3, 0.4) is 0 Å². The summed E-state index contributed by atoms with van der Waals surface area (Å²) in [5.41, 5.74) is 3.90. The lowest BCUT2D eigenvalue weighted by Crippen LogP contribution is -2.17. The fraction of sp³-hybridized carbons (Fsp3) is 0.167. The average Bonchev–Trinajstić information content (AvgIpc) is 2.87. The van der Waals surface area contributed by atoms with E-state index < -0.39 is 11.9 Å². The number of rotatable bonds is 7. The Bertz CT molecular complexity index is 1270. The molecule has 0 radical (unpaired) electrons. The monoisotopic (exact) mass is 456 g/mol. The molecule has 0 N–H and O–H groups in total. The third-order valence-corrected chi connectivity index (χ3v) is 6.05. The second-order valence-electron chi connectivity index (χ2n) is 8.46. The lowest BCUT2D eigenvalue weighted by molar-refractivity contribution is -0.145. The third-order valence-electron chi connectivity index (χ3n) is 6.05. The van der Waals surface area contributed by atoms with Crippen LogP contribution in [0.1, 0.15) is 36.8 Å². The van der Waals surface area contributed by atoms with Gasteiger partial charge < -0.3 is 4.74 Å². The maximum atomic E-state index is 14.7. The van der Waals surface area contributed by atoms with E-state index in [9.17, 15) is 13.6 Å². The SMILES string of the molecule is C[C@@H](COC(=O)[C@H](C)c1ccc(-c2ccccc2)c(F)c1)c1ccc(-c2ccccc2)c(F)c1. The second kappa shape index (κ2) is 10.4. The normalized spacial score (nSPS) is 12.7. The fourth-order valence-electron chi connectivity index (χ4n) is 3.91. The summed E-state index contributed by atoms with van der Waals surface area (Å²) in [5, 5.41) is 0. The molecule has 0 fully saturated rings. The van der Waals surface area contributed by atoms with Gasteiger partial charge in [-0.1, -0.05) is 91.9 Å². The molecule has 0 saturated carbocycles. The summed E-state index contributed by atoms with van der Waals surface area (Å²) in [6.07, 6.45) is 0. The Hall–Kier alpha value is -3.79. The topological polar surface area (TPSA) is 26.3 Å². The molecule has 0 aromatic heterocycles. The summed E-state index contributed by atoms with van der Waals surface area (Å²) < 4.78 is 34.9. The fourth-order valence-corrected chi connectivity index (χ4v) is 3.91. The minimum atomic E-state index is -0.622. The second-order valence-corrected chi connectivity index (χ2v) is 8.46. The number of hydrogen-bond donors (Lipinski definition) is 0. The van der Waals surface area contributed by atoms with Crippen molar-refractivity contribution in [2.45, 2.75) is 25.7 Å². The highest BCUT2D eigenvalue weighted by atomic mass is 19.1. The van der Waals surface area contributed by atoms with Gasteiger partial charge in [0, 0.05) is 17.0 Å². The van der Waals surface area contributed by atoms with E-state index in [2.05, 4.69) is 0 Å². The Morgan fingerprint density at radius 1 is 0.706 bits per heavy atom. The minimum Gasteiger partial charge on any atom is -0.465 e. The molecule has 2 nitrogen and oxygen atoms in total. The molecule has 4 aromatic rings. The minimum absolute atomic E-state index is 0.109. The van der Waals surface area contributed by atoms with Crippen LogP contribution in [0.4, 0.5) is 8.78 Å². The molecule has 4 rings (SSSR count). The number of hydrogen-bond acceptors (Lipinski definition) is 2. The summed E-state index contributed by atoms with van der Waals surface area (Å²) in [4.78, 5) is 12.6. The van der Waals surface area contributed by atoms with Crippen molar-refractivity contribution in [2.24, 2.45) is 0 Å². The Morgan fingerprint density at radius 3 is 1.68 bits per heavy atom. The smallest absolute Gasteiger partial charge is 0.313 e. The van der Waals surface area contributed by atoms with E-state index in [1.165, 1.54) is 12.1 Å². The van der Waals surface area contributed by atoms with Crippen molar-refractivity contribution in [3.8, 4) is 22.3 Å². The molecule has 4 aromatic carbocycles. The summed E-state index contributed by atoms with van der Waals surface area (Å²) in [5.74, 6) is -1.95. The summed E-state index contributed by atoms with van der Waals surface area (Å²) in [6.45, 7) is 3.68. The van der Waals surface area contributed by atoms with Gasteiger partial charge in [-0.3, -0.25) is 4.79 Å². The van der Waals surface area contributed by atoms with Gasteiger partial charge in [0.25, 0.3) is 0 Å². The zero-order valence-corrected chi connectivity index (χ0v) is 19.2. The molecule has 0 saturated heterocycles. The van der Waals surface area contributed by atoms with Gasteiger partial charge >= 0.3 is 5.97 Å². The van der Waals surface area contributed by atoms with Crippen LogP contribution >= 0.6 is 0 Å². The molecule has 0 spiro atoms. The molecule has 0 amide bonds. The average molecular weight is 457 g/mol. The standard InChI is InChI=1S/C30H26F2O2/c1-20(24-13-15-26(28(31)17-24)22-9-5-3-6-10-22)19-34-30(33)21(2)25-14-16-27(29(32)18-25)23-11-7-4-8-12-23/h3-18,20-21H,19H2,1-2H3/t20-,21+/m0/s1. The molecule has 0 heterocycles. The lowest BCUT2D eigenvalue weighted by Gasteiger charge is -2.17. The van der Waals surface area contributed by atoms with E-state index in [1.807, 2.05) is 73.7 Å². The number of esters is 1. The number of carbonyl (C=O) groups is 1. The first-order valence-electron chi connectivity index (χ1n) is 11.3. The van der Waals surface area contributed by atoms with Crippen LogP contribution in [0, 0.1) is 11.6 Å². The van der Waals surface area contributed by atoms with E-state index in [0.717, 1.165) is 16.7 Å². The molecule has 34 heavy (non-hydrogen) atoms. The molecule has 0 aliphatic carbocycles. The maximum Gasteiger partial charge on any atom is 0.313 e. The van der Waals surface area contributed by atoms with Gasteiger partial charge in [-0.2, -0.15) is 0 Å². The van der Waals surface area contributed by atoms with Gasteiger partial charge in [-0.25, -0.2) is 8.78 Å². The highest BCUT2D eigenvalue weighted by molar-refractivity contribution is 5.78. The number of halogens is 2. The predicted molar refractivity (Wildman–Crippen MR) is 131 cm³/mol. The Kier molecular flexibility index (Phi) is 7.17. The van der Waals surface area contributed by atoms with Crippen molar-refractivity contribution in [3.05, 3.63) is 120 Å². The Labute approximate surface area is 198 Å². The first-order valence-corrected chi connectivity index (χ1v) is 11.3. The first kappa shape index (κ1) is 23.4. The predicted octanol–water partition coefficient (Wildman–Crippen LogP) is 7.75. The zero-order chi connectivity index (χ0) is 24.1. The van der Waals surface area contributed by atoms with Gasteiger partial charge in [-0.05, 0) is 41.3 Å². The summed E-state index contributed by atoms with van der Waals surface area (Å²) in [6, 6.07) is 28.5. The van der Waals surface area contributed by atoms with E-state index in [1.54, 1.807) is 25.1 Å².